The van der Waals surface area contributed by atoms with Crippen LogP contribution in [0, 0.1) is 11.8 Å². The normalized spacial score (nSPS) is 27.8. The molecule has 1 N–H and O–H groups in total. The average Bonchev–Trinajstić information content (AvgIpc) is 3.04. The maximum absolute atomic E-state index is 11.3. The maximum atomic E-state index is 11.3. The lowest BCUT2D eigenvalue weighted by molar-refractivity contribution is -0.118. The molecule has 3 atom stereocenters. The Morgan fingerprint density at radius 3 is 3.00 bits per heavy atom. The highest BCUT2D eigenvalue weighted by molar-refractivity contribution is 9.09. The molecule has 1 fully saturated rings. The second-order valence-electron chi connectivity index (χ2n) is 4.87. The number of fused-ring (bicyclic) bond motifs is 1. The molecule has 0 bridgehead atoms. The zero-order chi connectivity index (χ0) is 12.0. The van der Waals surface area contributed by atoms with Crippen LogP contribution in [0.3, 0.4) is 0 Å². The van der Waals surface area contributed by atoms with Crippen molar-refractivity contribution < 1.29 is 9.53 Å². The topological polar surface area (TPSA) is 38.3 Å². The summed E-state index contributed by atoms with van der Waals surface area (Å²) in [6.07, 6.45) is 1.27. The fraction of sp³-hybridized carbons (Fsp3) is 0.462. The summed E-state index contributed by atoms with van der Waals surface area (Å²) < 4.78 is 5.34. The fourth-order valence-corrected chi connectivity index (χ4v) is 3.30. The van der Waals surface area contributed by atoms with Gasteiger partial charge in [-0.15, -0.1) is 0 Å². The van der Waals surface area contributed by atoms with Crippen LogP contribution in [0.5, 0.6) is 5.75 Å². The van der Waals surface area contributed by atoms with Gasteiger partial charge >= 0.3 is 0 Å². The molecule has 17 heavy (non-hydrogen) atoms. The Balaban J connectivity index is 1.87. The number of amides is 1. The number of ether oxygens (including phenoxy) is 1. The highest BCUT2D eigenvalue weighted by atomic mass is 79.9. The highest BCUT2D eigenvalue weighted by Crippen LogP contribution is 2.51. The molecule has 3 unspecified atom stereocenters. The van der Waals surface area contributed by atoms with Crippen LogP contribution in [0.4, 0.5) is 5.69 Å². The monoisotopic (exact) mass is 295 g/mol. The van der Waals surface area contributed by atoms with Gasteiger partial charge in [-0.1, -0.05) is 28.9 Å². The molecule has 3 rings (SSSR count). The quantitative estimate of drug-likeness (QED) is 0.852. The Labute approximate surface area is 109 Å². The van der Waals surface area contributed by atoms with Crippen LogP contribution < -0.4 is 10.1 Å². The third-order valence-corrected chi connectivity index (χ3v) is 4.71. The summed E-state index contributed by atoms with van der Waals surface area (Å²) in [5, 5.41) is 2.84. The van der Waals surface area contributed by atoms with Crippen molar-refractivity contribution >= 4 is 27.5 Å². The first-order valence-corrected chi connectivity index (χ1v) is 6.77. The average molecular weight is 296 g/mol. The molecule has 4 heteroatoms. The standard InChI is InChI=1S/C13H14BrNO2/c1-7-4-9(7)13(14)8-2-3-11-10(5-8)15-12(16)6-17-11/h2-3,5,7,9,13H,4,6H2,1H3,(H,15,16). The molecule has 1 aliphatic carbocycles. The second kappa shape index (κ2) is 4.02. The molecular formula is C13H14BrNO2. The molecule has 0 spiro atoms. The maximum Gasteiger partial charge on any atom is 0.262 e. The van der Waals surface area contributed by atoms with Crippen LogP contribution in [0.15, 0.2) is 18.2 Å². The van der Waals surface area contributed by atoms with E-state index in [-0.39, 0.29) is 12.5 Å². The zero-order valence-electron chi connectivity index (χ0n) is 9.57. The predicted molar refractivity (Wildman–Crippen MR) is 69.5 cm³/mol. The van der Waals surface area contributed by atoms with Gasteiger partial charge in [-0.3, -0.25) is 4.79 Å². The lowest BCUT2D eigenvalue weighted by atomic mass is 10.1. The first-order chi connectivity index (χ1) is 8.15. The van der Waals surface area contributed by atoms with E-state index in [1.807, 2.05) is 12.1 Å². The smallest absolute Gasteiger partial charge is 0.262 e. The van der Waals surface area contributed by atoms with Gasteiger partial charge in [0, 0.05) is 4.83 Å². The number of carbonyl (C=O) groups excluding carboxylic acids is 1. The SMILES string of the molecule is CC1CC1C(Br)c1ccc2c(c1)NC(=O)CO2. The molecule has 0 radical (unpaired) electrons. The van der Waals surface area contributed by atoms with Crippen molar-refractivity contribution in [1.82, 2.24) is 0 Å². The lowest BCUT2D eigenvalue weighted by Gasteiger charge is -2.19. The molecule has 0 saturated heterocycles. The van der Waals surface area contributed by atoms with E-state index in [1.165, 1.54) is 12.0 Å². The summed E-state index contributed by atoms with van der Waals surface area (Å²) in [4.78, 5) is 11.6. The van der Waals surface area contributed by atoms with Gasteiger partial charge in [-0.05, 0) is 36.0 Å². The second-order valence-corrected chi connectivity index (χ2v) is 5.86. The molecule has 1 aromatic rings. The predicted octanol–water partition coefficient (Wildman–Crippen LogP) is 3.11. The third kappa shape index (κ3) is 2.06. The van der Waals surface area contributed by atoms with E-state index in [1.54, 1.807) is 0 Å². The highest BCUT2D eigenvalue weighted by Gasteiger charge is 2.39. The Morgan fingerprint density at radius 2 is 2.29 bits per heavy atom. The van der Waals surface area contributed by atoms with Gasteiger partial charge in [-0.2, -0.15) is 0 Å². The Morgan fingerprint density at radius 1 is 1.53 bits per heavy atom. The van der Waals surface area contributed by atoms with Crippen molar-refractivity contribution in [3.8, 4) is 5.75 Å². The first-order valence-electron chi connectivity index (χ1n) is 5.86. The van der Waals surface area contributed by atoms with E-state index >= 15 is 0 Å². The van der Waals surface area contributed by atoms with Gasteiger partial charge in [0.2, 0.25) is 0 Å². The molecule has 2 aliphatic rings. The Bertz CT molecular complexity index is 474. The number of hydrogen-bond donors (Lipinski definition) is 1. The van der Waals surface area contributed by atoms with E-state index in [0.29, 0.717) is 10.7 Å². The summed E-state index contributed by atoms with van der Waals surface area (Å²) in [7, 11) is 0. The largest absolute Gasteiger partial charge is 0.482 e. The molecular weight excluding hydrogens is 282 g/mol. The summed E-state index contributed by atoms with van der Waals surface area (Å²) in [6.45, 7) is 2.38. The number of halogens is 1. The van der Waals surface area contributed by atoms with Crippen molar-refractivity contribution in [1.29, 1.82) is 0 Å². The van der Waals surface area contributed by atoms with Gasteiger partial charge in [0.1, 0.15) is 5.75 Å². The van der Waals surface area contributed by atoms with Crippen molar-refractivity contribution in [3.63, 3.8) is 0 Å². The summed E-state index contributed by atoms with van der Waals surface area (Å²) in [5.74, 6) is 2.19. The summed E-state index contributed by atoms with van der Waals surface area (Å²) in [5.41, 5.74) is 2.00. The van der Waals surface area contributed by atoms with E-state index in [0.717, 1.165) is 17.4 Å². The Kier molecular flexibility index (Phi) is 2.62. The van der Waals surface area contributed by atoms with Crippen molar-refractivity contribution in [2.45, 2.75) is 18.2 Å². The zero-order valence-corrected chi connectivity index (χ0v) is 11.2. The number of hydrogen-bond acceptors (Lipinski definition) is 2. The summed E-state index contributed by atoms with van der Waals surface area (Å²) in [6, 6.07) is 6.02. The number of nitrogens with one attached hydrogen (secondary N) is 1. The van der Waals surface area contributed by atoms with Crippen LogP contribution in [0.2, 0.25) is 0 Å². The van der Waals surface area contributed by atoms with Gasteiger partial charge in [0.15, 0.2) is 6.61 Å². The van der Waals surface area contributed by atoms with Gasteiger partial charge in [0.25, 0.3) is 5.91 Å². The van der Waals surface area contributed by atoms with Crippen LogP contribution in [0.25, 0.3) is 0 Å². The van der Waals surface area contributed by atoms with Crippen molar-refractivity contribution in [2.75, 3.05) is 11.9 Å². The van der Waals surface area contributed by atoms with Crippen molar-refractivity contribution in [2.24, 2.45) is 11.8 Å². The molecule has 90 valence electrons. The van der Waals surface area contributed by atoms with Crippen molar-refractivity contribution in [3.05, 3.63) is 23.8 Å². The first kappa shape index (κ1) is 11.1. The van der Waals surface area contributed by atoms with E-state index in [2.05, 4.69) is 34.2 Å². The summed E-state index contributed by atoms with van der Waals surface area (Å²) >= 11 is 3.74. The number of alkyl halides is 1. The van der Waals surface area contributed by atoms with Gasteiger partial charge in [0.05, 0.1) is 5.69 Å². The molecule has 3 nitrogen and oxygen atoms in total. The Hall–Kier alpha value is -1.03. The lowest BCUT2D eigenvalue weighted by Crippen LogP contribution is -2.25. The molecule has 1 amide bonds. The van der Waals surface area contributed by atoms with Gasteiger partial charge < -0.3 is 10.1 Å². The van der Waals surface area contributed by atoms with E-state index < -0.39 is 0 Å². The number of rotatable bonds is 2. The minimum atomic E-state index is -0.0828. The molecule has 1 heterocycles. The van der Waals surface area contributed by atoms with E-state index in [4.69, 9.17) is 4.74 Å². The van der Waals surface area contributed by atoms with Crippen LogP contribution in [0.1, 0.15) is 23.7 Å². The molecule has 1 aromatic carbocycles. The minimum absolute atomic E-state index is 0.0828. The molecule has 0 aromatic heterocycles. The number of anilines is 1. The number of carbonyl (C=O) groups is 1. The third-order valence-electron chi connectivity index (χ3n) is 3.50. The molecule has 1 saturated carbocycles. The minimum Gasteiger partial charge on any atom is -0.482 e. The van der Waals surface area contributed by atoms with Gasteiger partial charge in [-0.25, -0.2) is 0 Å². The number of benzene rings is 1. The van der Waals surface area contributed by atoms with Crippen LogP contribution >= 0.6 is 15.9 Å². The van der Waals surface area contributed by atoms with E-state index in [9.17, 15) is 4.79 Å². The van der Waals surface area contributed by atoms with Crippen LogP contribution in [-0.2, 0) is 4.79 Å². The fourth-order valence-electron chi connectivity index (χ4n) is 2.28. The molecule has 1 aliphatic heterocycles. The van der Waals surface area contributed by atoms with Crippen LogP contribution in [-0.4, -0.2) is 12.5 Å².